The molecule has 1 atom stereocenters. The second-order valence-corrected chi connectivity index (χ2v) is 10.9. The number of hydrogen-bond acceptors (Lipinski definition) is 1. The van der Waals surface area contributed by atoms with Crippen molar-refractivity contribution >= 4 is 19.9 Å². The summed E-state index contributed by atoms with van der Waals surface area (Å²) in [4.78, 5) is 0. The highest BCUT2D eigenvalue weighted by atomic mass is 35.5. The molecule has 1 unspecified atom stereocenters. The van der Waals surface area contributed by atoms with Gasteiger partial charge in [-0.3, -0.25) is 0 Å². The van der Waals surface area contributed by atoms with E-state index in [0.717, 1.165) is 12.8 Å². The van der Waals surface area contributed by atoms with Crippen molar-refractivity contribution in [2.45, 2.75) is 83.9 Å². The summed E-state index contributed by atoms with van der Waals surface area (Å²) in [6.45, 7) is 10.5. The van der Waals surface area contributed by atoms with E-state index in [4.69, 9.17) is 16.0 Å². The Balaban J connectivity index is 3.73. The van der Waals surface area contributed by atoms with Crippen molar-refractivity contribution in [2.75, 3.05) is 5.50 Å². The van der Waals surface area contributed by atoms with Gasteiger partial charge in [-0.15, -0.1) is 18.2 Å². The Hall–Kier alpha value is 0.207. The van der Waals surface area contributed by atoms with E-state index in [1.807, 2.05) is 6.08 Å². The minimum absolute atomic E-state index is 0.341. The van der Waals surface area contributed by atoms with Crippen LogP contribution >= 0.6 is 11.6 Å². The lowest BCUT2D eigenvalue weighted by Crippen LogP contribution is -2.37. The molecule has 114 valence electrons. The highest BCUT2D eigenvalue weighted by Gasteiger charge is 2.24. The molecule has 0 aromatic heterocycles. The molecular weight excluding hydrogens is 272 g/mol. The predicted molar refractivity (Wildman–Crippen MR) is 90.5 cm³/mol. The summed E-state index contributed by atoms with van der Waals surface area (Å²) in [5.41, 5.74) is 0.678. The minimum Gasteiger partial charge on any atom is -0.413 e. The predicted octanol–water partition coefficient (Wildman–Crippen LogP) is 6.07. The van der Waals surface area contributed by atoms with Crippen LogP contribution in [0.25, 0.3) is 0 Å². The number of unbranched alkanes of at least 4 members (excludes halogenated alkanes) is 6. The first-order valence-electron chi connectivity index (χ1n) is 7.90. The number of alkyl halides is 1. The molecule has 0 aliphatic heterocycles. The van der Waals surface area contributed by atoms with Gasteiger partial charge in [0.2, 0.25) is 8.32 Å². The Bertz CT molecular complexity index is 219. The third-order valence-corrected chi connectivity index (χ3v) is 6.91. The quantitative estimate of drug-likeness (QED) is 0.174. The third-order valence-electron chi connectivity index (χ3n) is 3.37. The molecule has 0 spiro atoms. The van der Waals surface area contributed by atoms with Gasteiger partial charge in [0.25, 0.3) is 0 Å². The average Bonchev–Trinajstić information content (AvgIpc) is 2.37. The molecule has 0 bridgehead atoms. The maximum atomic E-state index is 6.21. The molecule has 0 saturated heterocycles. The highest BCUT2D eigenvalue weighted by molar-refractivity contribution is 6.77. The molecule has 3 heteroatoms. The van der Waals surface area contributed by atoms with E-state index in [-0.39, 0.29) is 0 Å². The van der Waals surface area contributed by atoms with Crippen molar-refractivity contribution in [1.29, 1.82) is 0 Å². The molecule has 0 fully saturated rings. The van der Waals surface area contributed by atoms with Crippen molar-refractivity contribution < 1.29 is 4.43 Å². The van der Waals surface area contributed by atoms with Gasteiger partial charge < -0.3 is 4.43 Å². The van der Waals surface area contributed by atoms with E-state index < -0.39 is 8.32 Å². The van der Waals surface area contributed by atoms with Crippen molar-refractivity contribution in [3.8, 4) is 0 Å². The Kier molecular flexibility index (Phi) is 12.1. The van der Waals surface area contributed by atoms with Crippen LogP contribution in [0.15, 0.2) is 12.7 Å². The van der Waals surface area contributed by atoms with Gasteiger partial charge in [-0.05, 0) is 25.9 Å². The number of halogens is 1. The van der Waals surface area contributed by atoms with Crippen molar-refractivity contribution in [1.82, 2.24) is 0 Å². The number of rotatable bonds is 13. The normalized spacial score (nSPS) is 13.5. The van der Waals surface area contributed by atoms with E-state index in [0.29, 0.717) is 11.6 Å². The average molecular weight is 305 g/mol. The summed E-state index contributed by atoms with van der Waals surface area (Å²) in [6.07, 6.45) is 13.9. The monoisotopic (exact) mass is 304 g/mol. The van der Waals surface area contributed by atoms with Gasteiger partial charge in [0.05, 0.1) is 0 Å². The molecule has 1 nitrogen and oxygen atoms in total. The van der Waals surface area contributed by atoms with E-state index in [1.54, 1.807) is 0 Å². The topological polar surface area (TPSA) is 9.23 Å². The lowest BCUT2D eigenvalue weighted by molar-refractivity contribution is 0.182. The van der Waals surface area contributed by atoms with E-state index in [2.05, 4.69) is 26.6 Å². The van der Waals surface area contributed by atoms with Crippen LogP contribution in [-0.2, 0) is 4.43 Å². The SMILES string of the molecule is C=CCC(CCCCCCCCC)O[Si](C)(C)CCl. The molecule has 0 rings (SSSR count). The zero-order valence-corrected chi connectivity index (χ0v) is 15.0. The lowest BCUT2D eigenvalue weighted by atomic mass is 10.1. The first-order valence-corrected chi connectivity index (χ1v) is 11.6. The van der Waals surface area contributed by atoms with Crippen LogP contribution in [0.5, 0.6) is 0 Å². The molecular formula is C16H33ClOSi. The van der Waals surface area contributed by atoms with Crippen LogP contribution in [0.1, 0.15) is 64.7 Å². The standard InChI is InChI=1S/C16H33ClOSi/c1-5-7-8-9-10-11-12-14-16(13-6-2)18-19(3,4)15-17/h6,16H,2,5,7-15H2,1,3-4H3. The molecule has 0 aromatic rings. The summed E-state index contributed by atoms with van der Waals surface area (Å²) in [5.74, 6) is 0. The smallest absolute Gasteiger partial charge is 0.201 e. The molecule has 0 N–H and O–H groups in total. The summed E-state index contributed by atoms with van der Waals surface area (Å²) in [7, 11) is -1.65. The summed E-state index contributed by atoms with van der Waals surface area (Å²) < 4.78 is 6.21. The minimum atomic E-state index is -1.65. The second kappa shape index (κ2) is 12.0. The largest absolute Gasteiger partial charge is 0.413 e. The van der Waals surface area contributed by atoms with Crippen LogP contribution in [0.3, 0.4) is 0 Å². The van der Waals surface area contributed by atoms with Gasteiger partial charge in [-0.2, -0.15) is 0 Å². The summed E-state index contributed by atoms with van der Waals surface area (Å²) in [5, 5.41) is 0. The summed E-state index contributed by atoms with van der Waals surface area (Å²) >= 11 is 5.98. The Morgan fingerprint density at radius 2 is 1.68 bits per heavy atom. The zero-order valence-electron chi connectivity index (χ0n) is 13.2. The van der Waals surface area contributed by atoms with Crippen LogP contribution in [0.2, 0.25) is 13.1 Å². The first-order chi connectivity index (χ1) is 9.05. The van der Waals surface area contributed by atoms with E-state index >= 15 is 0 Å². The van der Waals surface area contributed by atoms with Gasteiger partial charge in [0.1, 0.15) is 0 Å². The molecule has 0 aliphatic carbocycles. The first kappa shape index (κ1) is 19.2. The van der Waals surface area contributed by atoms with Crippen LogP contribution in [0.4, 0.5) is 0 Å². The Morgan fingerprint density at radius 1 is 1.11 bits per heavy atom. The van der Waals surface area contributed by atoms with Gasteiger partial charge in [-0.1, -0.05) is 57.9 Å². The van der Waals surface area contributed by atoms with Crippen LogP contribution in [0, 0.1) is 0 Å². The van der Waals surface area contributed by atoms with Crippen molar-refractivity contribution in [3.63, 3.8) is 0 Å². The molecule has 19 heavy (non-hydrogen) atoms. The Morgan fingerprint density at radius 3 is 2.21 bits per heavy atom. The summed E-state index contributed by atoms with van der Waals surface area (Å²) in [6, 6.07) is 0. The van der Waals surface area contributed by atoms with Gasteiger partial charge in [0, 0.05) is 11.6 Å². The maximum Gasteiger partial charge on any atom is 0.201 e. The molecule has 0 amide bonds. The second-order valence-electron chi connectivity index (χ2n) is 6.07. The fourth-order valence-corrected chi connectivity index (χ4v) is 3.59. The van der Waals surface area contributed by atoms with Gasteiger partial charge >= 0.3 is 0 Å². The van der Waals surface area contributed by atoms with E-state index in [1.165, 1.54) is 44.9 Å². The number of hydrogen-bond donors (Lipinski definition) is 0. The Labute approximate surface area is 126 Å². The molecule has 0 aromatic carbocycles. The fraction of sp³-hybridized carbons (Fsp3) is 0.875. The van der Waals surface area contributed by atoms with Crippen LogP contribution < -0.4 is 0 Å². The lowest BCUT2D eigenvalue weighted by Gasteiger charge is -2.27. The van der Waals surface area contributed by atoms with Crippen molar-refractivity contribution in [2.24, 2.45) is 0 Å². The molecule has 0 heterocycles. The maximum absolute atomic E-state index is 6.21. The van der Waals surface area contributed by atoms with E-state index in [9.17, 15) is 0 Å². The van der Waals surface area contributed by atoms with Crippen LogP contribution in [-0.4, -0.2) is 19.9 Å². The molecule has 0 radical (unpaired) electrons. The van der Waals surface area contributed by atoms with Gasteiger partial charge in [0.15, 0.2) is 0 Å². The fourth-order valence-electron chi connectivity index (χ4n) is 2.22. The molecule has 0 saturated carbocycles. The van der Waals surface area contributed by atoms with Crippen molar-refractivity contribution in [3.05, 3.63) is 12.7 Å². The van der Waals surface area contributed by atoms with Gasteiger partial charge in [-0.25, -0.2) is 0 Å². The molecule has 0 aliphatic rings. The zero-order chi connectivity index (χ0) is 14.6. The highest BCUT2D eigenvalue weighted by Crippen LogP contribution is 2.18. The third kappa shape index (κ3) is 11.7.